The van der Waals surface area contributed by atoms with Crippen LogP contribution in [0.4, 0.5) is 0 Å². The standard InChI is InChI=1S/C14H19NO2/c1-9(2)11-5-6-12(13(16)7-11)14(17)15-8-10-3-4-10/h5-7,9-10,16H,3-4,8H2,1-2H3,(H,15,17). The first-order valence-corrected chi connectivity index (χ1v) is 6.19. The molecule has 0 atom stereocenters. The largest absolute Gasteiger partial charge is 0.507 e. The summed E-state index contributed by atoms with van der Waals surface area (Å²) in [5.74, 6) is 0.898. The van der Waals surface area contributed by atoms with E-state index < -0.39 is 0 Å². The second-order valence-corrected chi connectivity index (χ2v) is 5.08. The molecule has 1 fully saturated rings. The van der Waals surface area contributed by atoms with E-state index in [4.69, 9.17) is 0 Å². The molecule has 0 bridgehead atoms. The highest BCUT2D eigenvalue weighted by molar-refractivity contribution is 5.96. The van der Waals surface area contributed by atoms with Crippen molar-refractivity contribution in [1.29, 1.82) is 0 Å². The lowest BCUT2D eigenvalue weighted by molar-refractivity contribution is 0.0949. The molecule has 0 aliphatic heterocycles. The number of aromatic hydroxyl groups is 1. The van der Waals surface area contributed by atoms with Crippen molar-refractivity contribution < 1.29 is 9.90 Å². The summed E-state index contributed by atoms with van der Waals surface area (Å²) in [6.07, 6.45) is 2.41. The first-order chi connectivity index (χ1) is 8.08. The summed E-state index contributed by atoms with van der Waals surface area (Å²) in [6.45, 7) is 4.84. The van der Waals surface area contributed by atoms with Crippen molar-refractivity contribution in [1.82, 2.24) is 5.32 Å². The van der Waals surface area contributed by atoms with Crippen molar-refractivity contribution in [2.45, 2.75) is 32.6 Å². The third-order valence-corrected chi connectivity index (χ3v) is 3.18. The lowest BCUT2D eigenvalue weighted by Crippen LogP contribution is -2.25. The Bertz CT molecular complexity index is 422. The number of hydrogen-bond donors (Lipinski definition) is 2. The Labute approximate surface area is 102 Å². The fourth-order valence-electron chi connectivity index (χ4n) is 1.75. The number of benzene rings is 1. The fourth-order valence-corrected chi connectivity index (χ4v) is 1.75. The highest BCUT2D eigenvalue weighted by atomic mass is 16.3. The minimum Gasteiger partial charge on any atom is -0.507 e. The van der Waals surface area contributed by atoms with E-state index in [1.807, 2.05) is 6.07 Å². The zero-order valence-electron chi connectivity index (χ0n) is 10.4. The Morgan fingerprint density at radius 1 is 1.47 bits per heavy atom. The molecule has 1 saturated carbocycles. The van der Waals surface area contributed by atoms with Crippen LogP contribution in [0.15, 0.2) is 18.2 Å². The van der Waals surface area contributed by atoms with Crippen LogP contribution in [0.25, 0.3) is 0 Å². The van der Waals surface area contributed by atoms with Gasteiger partial charge in [-0.25, -0.2) is 0 Å². The van der Waals surface area contributed by atoms with Gasteiger partial charge in [-0.2, -0.15) is 0 Å². The zero-order chi connectivity index (χ0) is 12.4. The number of carbonyl (C=O) groups excluding carboxylic acids is 1. The Kier molecular flexibility index (Phi) is 3.36. The molecule has 0 spiro atoms. The van der Waals surface area contributed by atoms with Crippen molar-refractivity contribution in [3.05, 3.63) is 29.3 Å². The number of hydrogen-bond acceptors (Lipinski definition) is 2. The highest BCUT2D eigenvalue weighted by Gasteiger charge is 2.22. The topological polar surface area (TPSA) is 49.3 Å². The van der Waals surface area contributed by atoms with Gasteiger partial charge < -0.3 is 10.4 Å². The number of carbonyl (C=O) groups is 1. The quantitative estimate of drug-likeness (QED) is 0.840. The molecule has 2 N–H and O–H groups in total. The minimum atomic E-state index is -0.176. The number of amides is 1. The fraction of sp³-hybridized carbons (Fsp3) is 0.500. The first kappa shape index (κ1) is 12.0. The SMILES string of the molecule is CC(C)c1ccc(C(=O)NCC2CC2)c(O)c1. The smallest absolute Gasteiger partial charge is 0.255 e. The molecule has 17 heavy (non-hydrogen) atoms. The molecule has 1 amide bonds. The van der Waals surface area contributed by atoms with Crippen LogP contribution in [0, 0.1) is 5.92 Å². The molecule has 3 heteroatoms. The Balaban J connectivity index is 2.06. The van der Waals surface area contributed by atoms with E-state index >= 15 is 0 Å². The van der Waals surface area contributed by atoms with E-state index in [9.17, 15) is 9.90 Å². The van der Waals surface area contributed by atoms with Gasteiger partial charge in [-0.05, 0) is 42.4 Å². The van der Waals surface area contributed by atoms with Gasteiger partial charge in [-0.15, -0.1) is 0 Å². The molecule has 1 aliphatic rings. The molecule has 3 nitrogen and oxygen atoms in total. The van der Waals surface area contributed by atoms with Crippen LogP contribution < -0.4 is 5.32 Å². The Hall–Kier alpha value is -1.51. The summed E-state index contributed by atoms with van der Waals surface area (Å²) < 4.78 is 0. The van der Waals surface area contributed by atoms with Crippen LogP contribution in [0.1, 0.15) is 48.5 Å². The normalized spacial score (nSPS) is 15.0. The molecule has 1 aliphatic carbocycles. The average Bonchev–Trinajstić information content (AvgIpc) is 3.09. The van der Waals surface area contributed by atoms with Gasteiger partial charge in [0.1, 0.15) is 5.75 Å². The van der Waals surface area contributed by atoms with Gasteiger partial charge in [0.05, 0.1) is 5.56 Å². The van der Waals surface area contributed by atoms with E-state index in [1.54, 1.807) is 12.1 Å². The molecule has 92 valence electrons. The van der Waals surface area contributed by atoms with Gasteiger partial charge in [0, 0.05) is 6.54 Å². The summed E-state index contributed by atoms with van der Waals surface area (Å²) in [5, 5.41) is 12.7. The maximum Gasteiger partial charge on any atom is 0.255 e. The Morgan fingerprint density at radius 3 is 2.71 bits per heavy atom. The summed E-state index contributed by atoms with van der Waals surface area (Å²) in [4.78, 5) is 11.8. The molecular formula is C14H19NO2. The maximum absolute atomic E-state index is 11.8. The van der Waals surface area contributed by atoms with Crippen LogP contribution in [0.3, 0.4) is 0 Å². The molecule has 1 aromatic rings. The van der Waals surface area contributed by atoms with Crippen molar-refractivity contribution in [2.75, 3.05) is 6.54 Å². The van der Waals surface area contributed by atoms with Gasteiger partial charge >= 0.3 is 0 Å². The summed E-state index contributed by atoms with van der Waals surface area (Å²) in [6, 6.07) is 5.28. The van der Waals surface area contributed by atoms with E-state index in [-0.39, 0.29) is 11.7 Å². The van der Waals surface area contributed by atoms with Crippen molar-refractivity contribution >= 4 is 5.91 Å². The molecular weight excluding hydrogens is 214 g/mol. The van der Waals surface area contributed by atoms with Gasteiger partial charge in [0.15, 0.2) is 0 Å². The summed E-state index contributed by atoms with van der Waals surface area (Å²) >= 11 is 0. The first-order valence-electron chi connectivity index (χ1n) is 6.19. The van der Waals surface area contributed by atoms with Crippen LogP contribution >= 0.6 is 0 Å². The van der Waals surface area contributed by atoms with Crippen LogP contribution in [-0.2, 0) is 0 Å². The molecule has 0 heterocycles. The van der Waals surface area contributed by atoms with Gasteiger partial charge in [0.2, 0.25) is 0 Å². The predicted molar refractivity (Wildman–Crippen MR) is 67.3 cm³/mol. The number of nitrogens with one attached hydrogen (secondary N) is 1. The molecule has 0 saturated heterocycles. The second kappa shape index (κ2) is 4.78. The minimum absolute atomic E-state index is 0.0736. The van der Waals surface area contributed by atoms with Crippen molar-refractivity contribution in [3.63, 3.8) is 0 Å². The third-order valence-electron chi connectivity index (χ3n) is 3.18. The van der Waals surface area contributed by atoms with Crippen molar-refractivity contribution in [2.24, 2.45) is 5.92 Å². The van der Waals surface area contributed by atoms with Crippen LogP contribution in [0.5, 0.6) is 5.75 Å². The molecule has 0 aromatic heterocycles. The van der Waals surface area contributed by atoms with Crippen molar-refractivity contribution in [3.8, 4) is 5.75 Å². The maximum atomic E-state index is 11.8. The average molecular weight is 233 g/mol. The summed E-state index contributed by atoms with van der Waals surface area (Å²) in [5.41, 5.74) is 1.41. The lowest BCUT2D eigenvalue weighted by Gasteiger charge is -2.10. The van der Waals surface area contributed by atoms with Gasteiger partial charge in [-0.1, -0.05) is 19.9 Å². The monoisotopic (exact) mass is 233 g/mol. The molecule has 0 unspecified atom stereocenters. The zero-order valence-corrected chi connectivity index (χ0v) is 10.4. The van der Waals surface area contributed by atoms with E-state index in [0.29, 0.717) is 17.4 Å². The number of phenols is 1. The number of phenolic OH excluding ortho intramolecular Hbond substituents is 1. The third kappa shape index (κ3) is 2.99. The number of rotatable bonds is 4. The predicted octanol–water partition coefficient (Wildman–Crippen LogP) is 2.66. The summed E-state index contributed by atoms with van der Waals surface area (Å²) in [7, 11) is 0. The van der Waals surface area contributed by atoms with Crippen LogP contribution in [0.2, 0.25) is 0 Å². The van der Waals surface area contributed by atoms with Gasteiger partial charge in [-0.3, -0.25) is 4.79 Å². The second-order valence-electron chi connectivity index (χ2n) is 5.08. The van der Waals surface area contributed by atoms with E-state index in [1.165, 1.54) is 12.8 Å². The van der Waals surface area contributed by atoms with E-state index in [2.05, 4.69) is 19.2 Å². The highest BCUT2D eigenvalue weighted by Crippen LogP contribution is 2.28. The Morgan fingerprint density at radius 2 is 2.18 bits per heavy atom. The molecule has 0 radical (unpaired) electrons. The lowest BCUT2D eigenvalue weighted by atomic mass is 10.0. The van der Waals surface area contributed by atoms with Crippen LogP contribution in [-0.4, -0.2) is 17.6 Å². The van der Waals surface area contributed by atoms with E-state index in [0.717, 1.165) is 12.1 Å². The van der Waals surface area contributed by atoms with Gasteiger partial charge in [0.25, 0.3) is 5.91 Å². The molecule has 2 rings (SSSR count). The molecule has 1 aromatic carbocycles.